The summed E-state index contributed by atoms with van der Waals surface area (Å²) in [4.78, 5) is 0. The van der Waals surface area contributed by atoms with Crippen LogP contribution < -0.4 is 10.1 Å². The van der Waals surface area contributed by atoms with Crippen molar-refractivity contribution in [3.8, 4) is 5.75 Å². The smallest absolute Gasteiger partial charge is 0.142 e. The van der Waals surface area contributed by atoms with Gasteiger partial charge in [0.05, 0.1) is 12.3 Å². The van der Waals surface area contributed by atoms with Crippen LogP contribution in [0.3, 0.4) is 0 Å². The molecule has 106 valence electrons. The molecule has 0 bridgehead atoms. The normalized spacial score (nSPS) is 23.7. The monoisotopic (exact) mass is 281 g/mol. The summed E-state index contributed by atoms with van der Waals surface area (Å²) in [6, 6.07) is 6.35. The number of hydrogen-bond donors (Lipinski definition) is 1. The average Bonchev–Trinajstić information content (AvgIpc) is 2.58. The number of halogens is 1. The van der Waals surface area contributed by atoms with Gasteiger partial charge in [0, 0.05) is 11.1 Å². The minimum Gasteiger partial charge on any atom is -0.492 e. The summed E-state index contributed by atoms with van der Waals surface area (Å²) in [7, 11) is 0. The summed E-state index contributed by atoms with van der Waals surface area (Å²) in [6.07, 6.45) is 6.44. The van der Waals surface area contributed by atoms with Gasteiger partial charge in [0.25, 0.3) is 0 Å². The molecule has 0 amide bonds. The van der Waals surface area contributed by atoms with Crippen LogP contribution in [0.15, 0.2) is 18.2 Å². The van der Waals surface area contributed by atoms with E-state index in [0.717, 1.165) is 22.4 Å². The van der Waals surface area contributed by atoms with Gasteiger partial charge in [0.2, 0.25) is 0 Å². The lowest BCUT2D eigenvalue weighted by Gasteiger charge is -2.20. The van der Waals surface area contributed by atoms with E-state index in [2.05, 4.69) is 12.2 Å². The van der Waals surface area contributed by atoms with Crippen LogP contribution in [-0.2, 0) is 0 Å². The maximum atomic E-state index is 6.09. The molecule has 2 unspecified atom stereocenters. The lowest BCUT2D eigenvalue weighted by Crippen LogP contribution is -2.19. The molecule has 1 saturated carbocycles. The molecule has 19 heavy (non-hydrogen) atoms. The Hall–Kier alpha value is -0.890. The molecule has 1 aromatic rings. The van der Waals surface area contributed by atoms with Gasteiger partial charge in [-0.2, -0.15) is 0 Å². The zero-order valence-electron chi connectivity index (χ0n) is 11.9. The highest BCUT2D eigenvalue weighted by atomic mass is 35.5. The first-order valence-corrected chi connectivity index (χ1v) is 7.75. The van der Waals surface area contributed by atoms with Crippen molar-refractivity contribution >= 4 is 17.3 Å². The van der Waals surface area contributed by atoms with Gasteiger partial charge in [-0.25, -0.2) is 0 Å². The predicted molar refractivity (Wildman–Crippen MR) is 82.3 cm³/mol. The fourth-order valence-electron chi connectivity index (χ4n) is 2.75. The van der Waals surface area contributed by atoms with Gasteiger partial charge in [0.15, 0.2) is 0 Å². The van der Waals surface area contributed by atoms with Gasteiger partial charge in [-0.3, -0.25) is 0 Å². The van der Waals surface area contributed by atoms with Gasteiger partial charge in [-0.1, -0.05) is 31.4 Å². The van der Waals surface area contributed by atoms with E-state index in [0.29, 0.717) is 12.6 Å². The highest BCUT2D eigenvalue weighted by molar-refractivity contribution is 6.30. The molecule has 0 heterocycles. The summed E-state index contributed by atoms with van der Waals surface area (Å²) in [6.45, 7) is 5.04. The summed E-state index contributed by atoms with van der Waals surface area (Å²) in [5, 5.41) is 4.38. The number of hydrogen-bond acceptors (Lipinski definition) is 2. The number of nitrogens with one attached hydrogen (secondary N) is 1. The zero-order chi connectivity index (χ0) is 13.7. The van der Waals surface area contributed by atoms with Crippen molar-refractivity contribution in [1.82, 2.24) is 0 Å². The molecule has 1 fully saturated rings. The average molecular weight is 282 g/mol. The Labute approximate surface area is 121 Å². The van der Waals surface area contributed by atoms with E-state index in [-0.39, 0.29) is 0 Å². The first-order valence-electron chi connectivity index (χ1n) is 7.38. The summed E-state index contributed by atoms with van der Waals surface area (Å²) in [5.41, 5.74) is 1.04. The van der Waals surface area contributed by atoms with E-state index in [9.17, 15) is 0 Å². The zero-order valence-corrected chi connectivity index (χ0v) is 12.7. The quantitative estimate of drug-likeness (QED) is 0.774. The lowest BCUT2D eigenvalue weighted by molar-refractivity contribution is 0.341. The molecule has 3 heteroatoms. The molecule has 0 aromatic heterocycles. The number of anilines is 1. The Balaban J connectivity index is 2.06. The van der Waals surface area contributed by atoms with E-state index in [1.807, 2.05) is 25.1 Å². The Morgan fingerprint density at radius 2 is 2.11 bits per heavy atom. The fraction of sp³-hybridized carbons (Fsp3) is 0.625. The van der Waals surface area contributed by atoms with E-state index >= 15 is 0 Å². The highest BCUT2D eigenvalue weighted by Crippen LogP contribution is 2.31. The second-order valence-electron chi connectivity index (χ2n) is 5.53. The van der Waals surface area contributed by atoms with Crippen molar-refractivity contribution in [1.29, 1.82) is 0 Å². The Morgan fingerprint density at radius 1 is 1.26 bits per heavy atom. The SMILES string of the molecule is CCOc1ccc(Cl)cc1NC1CCCC(C)CC1. The number of rotatable bonds is 4. The molecule has 0 spiro atoms. The van der Waals surface area contributed by atoms with E-state index < -0.39 is 0 Å². The second-order valence-corrected chi connectivity index (χ2v) is 5.96. The minimum absolute atomic E-state index is 0.544. The largest absolute Gasteiger partial charge is 0.492 e. The standard InChI is InChI=1S/C16H24ClNO/c1-3-19-16-10-8-13(17)11-15(16)18-14-6-4-5-12(2)7-9-14/h8,10-12,14,18H,3-7,9H2,1-2H3. The fourth-order valence-corrected chi connectivity index (χ4v) is 2.92. The molecule has 2 atom stereocenters. The third-order valence-corrected chi connectivity index (χ3v) is 4.09. The Bertz CT molecular complexity index is 408. The Kier molecular flexibility index (Phi) is 5.38. The molecule has 1 aliphatic carbocycles. The third-order valence-electron chi connectivity index (χ3n) is 3.86. The van der Waals surface area contributed by atoms with E-state index in [1.165, 1.54) is 32.1 Å². The molecule has 0 radical (unpaired) electrons. The summed E-state index contributed by atoms with van der Waals surface area (Å²) < 4.78 is 5.66. The van der Waals surface area contributed by atoms with Crippen LogP contribution in [0.4, 0.5) is 5.69 Å². The van der Waals surface area contributed by atoms with Crippen LogP contribution in [0.1, 0.15) is 46.0 Å². The molecular formula is C16H24ClNO. The number of ether oxygens (including phenoxy) is 1. The molecule has 0 aliphatic heterocycles. The van der Waals surface area contributed by atoms with Gasteiger partial charge in [-0.15, -0.1) is 0 Å². The first-order chi connectivity index (χ1) is 9.19. The van der Waals surface area contributed by atoms with Crippen molar-refractivity contribution in [3.63, 3.8) is 0 Å². The van der Waals surface area contributed by atoms with Crippen LogP contribution >= 0.6 is 11.6 Å². The first kappa shape index (κ1) is 14.5. The van der Waals surface area contributed by atoms with Crippen LogP contribution in [-0.4, -0.2) is 12.6 Å². The molecule has 0 saturated heterocycles. The topological polar surface area (TPSA) is 21.3 Å². The van der Waals surface area contributed by atoms with Crippen molar-refractivity contribution in [2.24, 2.45) is 5.92 Å². The van der Waals surface area contributed by atoms with Crippen molar-refractivity contribution < 1.29 is 4.74 Å². The lowest BCUT2D eigenvalue weighted by atomic mass is 10.0. The predicted octanol–water partition coefficient (Wildman–Crippen LogP) is 5.12. The third kappa shape index (κ3) is 4.31. The second kappa shape index (κ2) is 7.04. The molecule has 2 rings (SSSR count). The van der Waals surface area contributed by atoms with Crippen LogP contribution in [0.25, 0.3) is 0 Å². The van der Waals surface area contributed by atoms with Gasteiger partial charge < -0.3 is 10.1 Å². The molecule has 1 aromatic carbocycles. The Morgan fingerprint density at radius 3 is 2.89 bits per heavy atom. The molecule has 2 nitrogen and oxygen atoms in total. The van der Waals surface area contributed by atoms with E-state index in [4.69, 9.17) is 16.3 Å². The van der Waals surface area contributed by atoms with Crippen LogP contribution in [0.5, 0.6) is 5.75 Å². The minimum atomic E-state index is 0.544. The van der Waals surface area contributed by atoms with Crippen LogP contribution in [0, 0.1) is 5.92 Å². The molecular weight excluding hydrogens is 258 g/mol. The number of benzene rings is 1. The maximum absolute atomic E-state index is 6.09. The van der Waals surface area contributed by atoms with Crippen LogP contribution in [0.2, 0.25) is 5.02 Å². The highest BCUT2D eigenvalue weighted by Gasteiger charge is 2.17. The van der Waals surface area contributed by atoms with Gasteiger partial charge in [0.1, 0.15) is 5.75 Å². The van der Waals surface area contributed by atoms with Crippen molar-refractivity contribution in [2.45, 2.75) is 52.0 Å². The van der Waals surface area contributed by atoms with Crippen molar-refractivity contribution in [2.75, 3.05) is 11.9 Å². The summed E-state index contributed by atoms with van der Waals surface area (Å²) >= 11 is 6.09. The molecule has 1 aliphatic rings. The van der Waals surface area contributed by atoms with E-state index in [1.54, 1.807) is 0 Å². The van der Waals surface area contributed by atoms with Gasteiger partial charge in [-0.05, 0) is 50.3 Å². The maximum Gasteiger partial charge on any atom is 0.142 e. The van der Waals surface area contributed by atoms with Gasteiger partial charge >= 0.3 is 0 Å². The summed E-state index contributed by atoms with van der Waals surface area (Å²) in [5.74, 6) is 1.77. The van der Waals surface area contributed by atoms with Crippen molar-refractivity contribution in [3.05, 3.63) is 23.2 Å². The molecule has 1 N–H and O–H groups in total.